The molecule has 0 spiro atoms. The number of carboxylic acids is 1. The number of likely N-dealkylation sites (tertiary alicyclic amines) is 1. The third kappa shape index (κ3) is 6.10. The van der Waals surface area contributed by atoms with Crippen molar-refractivity contribution in [3.8, 4) is 11.5 Å². The quantitative estimate of drug-likeness (QED) is 0.546. The van der Waals surface area contributed by atoms with Crippen molar-refractivity contribution in [2.75, 3.05) is 13.1 Å². The third-order valence-electron chi connectivity index (χ3n) is 6.36. The molecule has 34 heavy (non-hydrogen) atoms. The van der Waals surface area contributed by atoms with Gasteiger partial charge in [0.2, 0.25) is 0 Å². The van der Waals surface area contributed by atoms with E-state index in [-0.39, 0.29) is 11.8 Å². The zero-order valence-electron chi connectivity index (χ0n) is 21.1. The maximum Gasteiger partial charge on any atom is 0.347 e. The van der Waals surface area contributed by atoms with Crippen molar-refractivity contribution in [2.45, 2.75) is 77.4 Å². The second kappa shape index (κ2) is 10.1. The van der Waals surface area contributed by atoms with Gasteiger partial charge in [0, 0.05) is 19.0 Å². The number of amides is 1. The summed E-state index contributed by atoms with van der Waals surface area (Å²) in [7, 11) is 0. The van der Waals surface area contributed by atoms with E-state index in [0.717, 1.165) is 18.4 Å². The summed E-state index contributed by atoms with van der Waals surface area (Å²) in [6.07, 6.45) is 1.84. The average molecular weight is 468 g/mol. The molecule has 0 bridgehead atoms. The van der Waals surface area contributed by atoms with Gasteiger partial charge in [0.25, 0.3) is 5.91 Å². The molecule has 2 aromatic carbocycles. The number of rotatable bonds is 8. The van der Waals surface area contributed by atoms with Gasteiger partial charge in [-0.25, -0.2) is 4.79 Å². The van der Waals surface area contributed by atoms with Crippen LogP contribution in [0.2, 0.25) is 0 Å². The first-order valence-electron chi connectivity index (χ1n) is 12.0. The lowest BCUT2D eigenvalue weighted by atomic mass is 9.89. The van der Waals surface area contributed by atoms with Crippen LogP contribution >= 0.6 is 0 Å². The number of carbonyl (C=O) groups excluding carboxylic acids is 1. The molecule has 1 heterocycles. The van der Waals surface area contributed by atoms with Gasteiger partial charge in [-0.2, -0.15) is 0 Å². The number of hydrogen-bond acceptors (Lipinski definition) is 4. The normalized spacial score (nSPS) is 16.9. The van der Waals surface area contributed by atoms with Crippen molar-refractivity contribution in [1.29, 1.82) is 0 Å². The summed E-state index contributed by atoms with van der Waals surface area (Å²) in [5.74, 6) is 0.727. The number of aliphatic carboxylic acids is 1. The van der Waals surface area contributed by atoms with Crippen LogP contribution < -0.4 is 9.47 Å². The van der Waals surface area contributed by atoms with Crippen LogP contribution in [0.3, 0.4) is 0 Å². The summed E-state index contributed by atoms with van der Waals surface area (Å²) >= 11 is 0. The molecule has 0 aromatic heterocycles. The van der Waals surface area contributed by atoms with Crippen molar-refractivity contribution in [2.24, 2.45) is 0 Å². The molecule has 0 unspecified atom stereocenters. The van der Waals surface area contributed by atoms with E-state index < -0.39 is 17.2 Å². The van der Waals surface area contributed by atoms with Crippen LogP contribution in [0.25, 0.3) is 0 Å². The molecular formula is C28H37NO5. The summed E-state index contributed by atoms with van der Waals surface area (Å²) < 4.78 is 11.8. The highest BCUT2D eigenvalue weighted by Crippen LogP contribution is 2.32. The molecule has 6 nitrogen and oxygen atoms in total. The molecule has 6 heteroatoms. The van der Waals surface area contributed by atoms with Crippen molar-refractivity contribution in [3.05, 3.63) is 59.7 Å². The number of nitrogens with zero attached hydrogens (tertiary/aromatic N) is 1. The van der Waals surface area contributed by atoms with Gasteiger partial charge in [-0.3, -0.25) is 4.79 Å². The Labute approximate surface area is 202 Å². The predicted molar refractivity (Wildman–Crippen MR) is 133 cm³/mol. The van der Waals surface area contributed by atoms with Crippen LogP contribution in [-0.2, 0) is 9.59 Å². The van der Waals surface area contributed by atoms with Gasteiger partial charge in [-0.05, 0) is 81.8 Å². The van der Waals surface area contributed by atoms with E-state index in [1.807, 2.05) is 61.2 Å². The minimum absolute atomic E-state index is 0.0375. The van der Waals surface area contributed by atoms with E-state index in [4.69, 9.17) is 9.47 Å². The van der Waals surface area contributed by atoms with Crippen LogP contribution in [0.5, 0.6) is 11.5 Å². The lowest BCUT2D eigenvalue weighted by molar-refractivity contribution is -0.152. The molecule has 1 atom stereocenters. The zero-order chi connectivity index (χ0) is 25.1. The molecular weight excluding hydrogens is 430 g/mol. The molecule has 0 aliphatic carbocycles. The minimum Gasteiger partial charge on any atom is -0.478 e. The highest BCUT2D eigenvalue weighted by atomic mass is 16.5. The average Bonchev–Trinajstić information content (AvgIpc) is 2.78. The second-order valence-corrected chi connectivity index (χ2v) is 10.4. The monoisotopic (exact) mass is 467 g/mol. The molecule has 1 aliphatic rings. The molecule has 184 valence electrons. The fourth-order valence-electron chi connectivity index (χ4n) is 4.24. The molecule has 0 saturated carbocycles. The summed E-state index contributed by atoms with van der Waals surface area (Å²) in [6, 6.07) is 15.5. The Hall–Kier alpha value is -3.02. The second-order valence-electron chi connectivity index (χ2n) is 10.4. The first kappa shape index (κ1) is 25.6. The molecule has 1 aliphatic heterocycles. The van der Waals surface area contributed by atoms with Gasteiger partial charge in [-0.15, -0.1) is 0 Å². The zero-order valence-corrected chi connectivity index (χ0v) is 21.1. The molecule has 3 rings (SSSR count). The number of ether oxygens (including phenoxy) is 2. The van der Waals surface area contributed by atoms with E-state index in [0.29, 0.717) is 30.5 Å². The van der Waals surface area contributed by atoms with Crippen LogP contribution in [0.1, 0.15) is 77.3 Å². The lowest BCUT2D eigenvalue weighted by Crippen LogP contribution is -2.51. The largest absolute Gasteiger partial charge is 0.478 e. The first-order valence-corrected chi connectivity index (χ1v) is 12.0. The summed E-state index contributed by atoms with van der Waals surface area (Å²) in [5.41, 5.74) is -0.0351. The van der Waals surface area contributed by atoms with Crippen LogP contribution in [0.4, 0.5) is 0 Å². The predicted octanol–water partition coefficient (Wildman–Crippen LogP) is 5.62. The fraction of sp³-hybridized carbons (Fsp3) is 0.500. The Balaban J connectivity index is 1.69. The topological polar surface area (TPSA) is 76.1 Å². The Kier molecular flexibility index (Phi) is 7.59. The molecule has 1 amide bonds. The number of carbonyl (C=O) groups is 2. The fourth-order valence-corrected chi connectivity index (χ4v) is 4.24. The van der Waals surface area contributed by atoms with E-state index in [1.165, 1.54) is 19.4 Å². The number of piperidine rings is 1. The van der Waals surface area contributed by atoms with Gasteiger partial charge < -0.3 is 19.5 Å². The molecule has 2 aromatic rings. The van der Waals surface area contributed by atoms with Crippen molar-refractivity contribution in [3.63, 3.8) is 0 Å². The highest BCUT2D eigenvalue weighted by Gasteiger charge is 2.37. The van der Waals surface area contributed by atoms with E-state index in [2.05, 4.69) is 13.8 Å². The van der Waals surface area contributed by atoms with E-state index >= 15 is 0 Å². The number of carboxylic acid groups (broad SMARTS) is 1. The summed E-state index contributed by atoms with van der Waals surface area (Å²) in [4.78, 5) is 26.7. The number of hydrogen-bond donors (Lipinski definition) is 1. The Morgan fingerprint density at radius 2 is 1.62 bits per heavy atom. The van der Waals surface area contributed by atoms with Crippen molar-refractivity contribution >= 4 is 11.9 Å². The Bertz CT molecular complexity index is 1010. The van der Waals surface area contributed by atoms with Gasteiger partial charge in [0.1, 0.15) is 11.5 Å². The maximum atomic E-state index is 13.4. The number of benzene rings is 2. The van der Waals surface area contributed by atoms with Gasteiger partial charge in [0.05, 0.1) is 0 Å². The molecule has 1 fully saturated rings. The van der Waals surface area contributed by atoms with Crippen LogP contribution in [0.15, 0.2) is 48.5 Å². The van der Waals surface area contributed by atoms with E-state index in [1.54, 1.807) is 6.07 Å². The SMILES string of the molecule is CC(C)c1ccc(OC(C)(C)C(=O)N2CCC[C@@H](c3cccc(OC(C)(C)C(=O)O)c3)C2)cc1. The maximum absolute atomic E-state index is 13.4. The lowest BCUT2D eigenvalue weighted by Gasteiger charge is -2.38. The van der Waals surface area contributed by atoms with Crippen molar-refractivity contribution < 1.29 is 24.2 Å². The smallest absolute Gasteiger partial charge is 0.347 e. The molecule has 0 radical (unpaired) electrons. The Morgan fingerprint density at radius 3 is 2.24 bits per heavy atom. The first-order chi connectivity index (χ1) is 15.9. The minimum atomic E-state index is -1.32. The van der Waals surface area contributed by atoms with E-state index in [9.17, 15) is 14.7 Å². The van der Waals surface area contributed by atoms with Gasteiger partial charge >= 0.3 is 5.97 Å². The van der Waals surface area contributed by atoms with Gasteiger partial charge in [-0.1, -0.05) is 38.1 Å². The molecule has 1 N–H and O–H groups in total. The van der Waals surface area contributed by atoms with Crippen LogP contribution in [0, 0.1) is 0 Å². The molecule has 1 saturated heterocycles. The summed E-state index contributed by atoms with van der Waals surface area (Å²) in [6.45, 7) is 12.3. The van der Waals surface area contributed by atoms with Gasteiger partial charge in [0.15, 0.2) is 11.2 Å². The third-order valence-corrected chi connectivity index (χ3v) is 6.36. The standard InChI is InChI=1S/C28H37NO5/c1-19(2)20-12-14-23(15-13-20)33-27(3,4)25(30)29-16-8-10-22(18-29)21-9-7-11-24(17-21)34-28(5,6)26(31)32/h7,9,11-15,17,19,22H,8,10,16,18H2,1-6H3,(H,31,32)/t22-/m1/s1. The highest BCUT2D eigenvalue weighted by molar-refractivity contribution is 5.85. The summed E-state index contributed by atoms with van der Waals surface area (Å²) in [5, 5.41) is 9.36. The van der Waals surface area contributed by atoms with Crippen LogP contribution in [-0.4, -0.2) is 46.2 Å². The Morgan fingerprint density at radius 1 is 0.971 bits per heavy atom. The van der Waals surface area contributed by atoms with Crippen molar-refractivity contribution in [1.82, 2.24) is 4.90 Å².